The smallest absolute Gasteiger partial charge is 0.337 e. The van der Waals surface area contributed by atoms with Crippen molar-refractivity contribution in [3.05, 3.63) is 94.0 Å². The maximum atomic E-state index is 11.5. The lowest BCUT2D eigenvalue weighted by atomic mass is 9.86. The van der Waals surface area contributed by atoms with Crippen molar-refractivity contribution in [2.45, 2.75) is 52.4 Å². The third kappa shape index (κ3) is 6.23. The summed E-state index contributed by atoms with van der Waals surface area (Å²) in [6, 6.07) is 25.1. The number of carbonyl (C=O) groups is 1. The van der Waals surface area contributed by atoms with E-state index in [0.29, 0.717) is 5.56 Å². The molecule has 0 aliphatic rings. The number of hydrogen-bond donors (Lipinski definition) is 0. The summed E-state index contributed by atoms with van der Waals surface area (Å²) in [5, 5.41) is 4.81. The van der Waals surface area contributed by atoms with Crippen molar-refractivity contribution in [3.63, 3.8) is 0 Å². The Hall–Kier alpha value is -2.65. The molecule has 0 N–H and O–H groups in total. The zero-order valence-electron chi connectivity index (χ0n) is 20.6. The average Bonchev–Trinajstić information content (AvgIpc) is 2.76. The summed E-state index contributed by atoms with van der Waals surface area (Å²) in [5.41, 5.74) is 3.63. The number of benzene rings is 4. The molecule has 0 fully saturated rings. The van der Waals surface area contributed by atoms with E-state index in [9.17, 15) is 4.79 Å². The van der Waals surface area contributed by atoms with Crippen molar-refractivity contribution < 1.29 is 9.53 Å². The molecule has 0 aromatic heterocycles. The van der Waals surface area contributed by atoms with Gasteiger partial charge in [-0.15, -0.1) is 0 Å². The molecule has 33 heavy (non-hydrogen) atoms. The van der Waals surface area contributed by atoms with Crippen molar-refractivity contribution in [2.24, 2.45) is 0 Å². The number of ether oxygens (including phenoxy) is 1. The predicted molar refractivity (Wildman–Crippen MR) is 144 cm³/mol. The molecule has 0 atom stereocenters. The molecule has 0 saturated carbocycles. The third-order valence-electron chi connectivity index (χ3n) is 5.80. The van der Waals surface area contributed by atoms with Crippen LogP contribution in [0.1, 0.15) is 63.0 Å². The Labute approximate surface area is 206 Å². The molecule has 4 aromatic carbocycles. The number of halogens is 1. The van der Waals surface area contributed by atoms with Crippen molar-refractivity contribution in [1.29, 1.82) is 0 Å². The fraction of sp³-hybridized carbons (Fsp3) is 0.300. The lowest BCUT2D eigenvalue weighted by molar-refractivity contribution is 0.0601. The van der Waals surface area contributed by atoms with Crippen LogP contribution >= 0.6 is 15.9 Å². The molecular weight excluding hydrogens is 472 g/mol. The van der Waals surface area contributed by atoms with E-state index in [1.165, 1.54) is 29.0 Å². The molecule has 0 aliphatic heterocycles. The summed E-state index contributed by atoms with van der Waals surface area (Å²) in [6.07, 6.45) is 0. The fourth-order valence-electron chi connectivity index (χ4n) is 3.64. The minimum Gasteiger partial charge on any atom is -0.465 e. The highest BCUT2D eigenvalue weighted by molar-refractivity contribution is 9.10. The second-order valence-electron chi connectivity index (χ2n) is 10.5. The molecular formula is C30H33BrO2. The molecule has 0 heterocycles. The normalized spacial score (nSPS) is 11.8. The minimum atomic E-state index is -0.295. The Bertz CT molecular complexity index is 1290. The highest BCUT2D eigenvalue weighted by atomic mass is 79.9. The summed E-state index contributed by atoms with van der Waals surface area (Å²) in [5.74, 6) is -0.295. The van der Waals surface area contributed by atoms with Crippen molar-refractivity contribution in [1.82, 2.24) is 0 Å². The van der Waals surface area contributed by atoms with Crippen molar-refractivity contribution in [3.8, 4) is 0 Å². The Balaban J connectivity index is 0.000000189. The van der Waals surface area contributed by atoms with Crippen molar-refractivity contribution in [2.75, 3.05) is 7.11 Å². The first-order valence-corrected chi connectivity index (χ1v) is 12.0. The van der Waals surface area contributed by atoms with E-state index >= 15 is 0 Å². The second kappa shape index (κ2) is 9.69. The van der Waals surface area contributed by atoms with E-state index < -0.39 is 0 Å². The Morgan fingerprint density at radius 3 is 1.55 bits per heavy atom. The van der Waals surface area contributed by atoms with Gasteiger partial charge in [0, 0.05) is 4.47 Å². The van der Waals surface area contributed by atoms with Gasteiger partial charge in [-0.2, -0.15) is 0 Å². The molecule has 4 aromatic rings. The lowest BCUT2D eigenvalue weighted by Crippen LogP contribution is -2.10. The van der Waals surface area contributed by atoms with Crippen LogP contribution in [0.5, 0.6) is 0 Å². The summed E-state index contributed by atoms with van der Waals surface area (Å²) < 4.78 is 5.86. The predicted octanol–water partition coefficient (Wildman–Crippen LogP) is 8.82. The van der Waals surface area contributed by atoms with Crippen molar-refractivity contribution >= 4 is 43.4 Å². The van der Waals surface area contributed by atoms with Gasteiger partial charge in [0.25, 0.3) is 0 Å². The lowest BCUT2D eigenvalue weighted by Gasteiger charge is -2.19. The van der Waals surface area contributed by atoms with Gasteiger partial charge in [0.2, 0.25) is 0 Å². The summed E-state index contributed by atoms with van der Waals surface area (Å²) >= 11 is 3.49. The SMILES string of the molecule is CC(C)(C)c1ccc2cc(Br)ccc2c1.COC(=O)c1ccc2cc(C(C)(C)C)ccc2c1. The maximum Gasteiger partial charge on any atom is 0.337 e. The molecule has 3 heteroatoms. The molecule has 0 spiro atoms. The van der Waals surface area contributed by atoms with Crippen LogP contribution in [0.25, 0.3) is 21.5 Å². The first kappa shape index (κ1) is 25.0. The monoisotopic (exact) mass is 504 g/mol. The Kier molecular flexibility index (Phi) is 7.33. The standard InChI is InChI=1S/C16H18O2.C14H15Br/c1-16(2,3)14-8-7-11-9-13(15(17)18-4)6-5-12(11)10-14;1-14(2,3)12-6-4-11-9-13(15)7-5-10(11)8-12/h5-10H,1-4H3;4-9H,1-3H3. The van der Waals surface area contributed by atoms with Crippen LogP contribution in [0.3, 0.4) is 0 Å². The number of hydrogen-bond acceptors (Lipinski definition) is 2. The van der Waals surface area contributed by atoms with E-state index in [4.69, 9.17) is 4.74 Å². The maximum absolute atomic E-state index is 11.5. The number of methoxy groups -OCH3 is 1. The van der Waals surface area contributed by atoms with Gasteiger partial charge < -0.3 is 4.74 Å². The Morgan fingerprint density at radius 1 is 0.636 bits per heavy atom. The van der Waals surface area contributed by atoms with Crippen LogP contribution in [0.15, 0.2) is 77.3 Å². The van der Waals surface area contributed by atoms with Crippen LogP contribution in [-0.2, 0) is 15.6 Å². The highest BCUT2D eigenvalue weighted by Gasteiger charge is 2.15. The molecule has 0 unspecified atom stereocenters. The number of fused-ring (bicyclic) bond motifs is 2. The van der Waals surface area contributed by atoms with Gasteiger partial charge in [-0.25, -0.2) is 4.79 Å². The van der Waals surface area contributed by atoms with Gasteiger partial charge >= 0.3 is 5.97 Å². The van der Waals surface area contributed by atoms with E-state index in [1.54, 1.807) is 6.07 Å². The molecule has 0 saturated heterocycles. The minimum absolute atomic E-state index is 0.134. The van der Waals surface area contributed by atoms with E-state index in [0.717, 1.165) is 15.2 Å². The van der Waals surface area contributed by atoms with Gasteiger partial charge in [-0.05, 0) is 67.8 Å². The van der Waals surface area contributed by atoms with E-state index in [1.807, 2.05) is 12.1 Å². The number of rotatable bonds is 1. The molecule has 0 bridgehead atoms. The van der Waals surface area contributed by atoms with Crippen LogP contribution in [0, 0.1) is 0 Å². The fourth-order valence-corrected chi connectivity index (χ4v) is 4.02. The van der Waals surface area contributed by atoms with Crippen LogP contribution in [0.4, 0.5) is 0 Å². The van der Waals surface area contributed by atoms with Gasteiger partial charge in [0.05, 0.1) is 12.7 Å². The first-order chi connectivity index (χ1) is 15.4. The third-order valence-corrected chi connectivity index (χ3v) is 6.29. The van der Waals surface area contributed by atoms with Crippen LogP contribution in [0.2, 0.25) is 0 Å². The molecule has 172 valence electrons. The Morgan fingerprint density at radius 2 is 1.06 bits per heavy atom. The number of carbonyl (C=O) groups excluding carboxylic acids is 1. The van der Waals surface area contributed by atoms with Crippen LogP contribution in [-0.4, -0.2) is 13.1 Å². The summed E-state index contributed by atoms with van der Waals surface area (Å²) in [4.78, 5) is 11.5. The quantitative estimate of drug-likeness (QED) is 0.242. The van der Waals surface area contributed by atoms with Crippen LogP contribution < -0.4 is 0 Å². The topological polar surface area (TPSA) is 26.3 Å². The van der Waals surface area contributed by atoms with Gasteiger partial charge in [0.15, 0.2) is 0 Å². The van der Waals surface area contributed by atoms with Gasteiger partial charge in [-0.3, -0.25) is 0 Å². The highest BCUT2D eigenvalue weighted by Crippen LogP contribution is 2.28. The zero-order chi connectivity index (χ0) is 24.4. The summed E-state index contributed by atoms with van der Waals surface area (Å²) in [6.45, 7) is 13.3. The van der Waals surface area contributed by atoms with E-state index in [-0.39, 0.29) is 16.8 Å². The zero-order valence-corrected chi connectivity index (χ0v) is 22.2. The largest absolute Gasteiger partial charge is 0.465 e. The molecule has 0 radical (unpaired) electrons. The van der Waals surface area contributed by atoms with Gasteiger partial charge in [0.1, 0.15) is 0 Å². The molecule has 0 aliphatic carbocycles. The van der Waals surface area contributed by atoms with E-state index in [2.05, 4.69) is 112 Å². The average molecular weight is 505 g/mol. The molecule has 0 amide bonds. The first-order valence-electron chi connectivity index (χ1n) is 11.2. The summed E-state index contributed by atoms with van der Waals surface area (Å²) in [7, 11) is 1.40. The second-order valence-corrected chi connectivity index (χ2v) is 11.4. The number of esters is 1. The van der Waals surface area contributed by atoms with Gasteiger partial charge in [-0.1, -0.05) is 106 Å². The molecule has 4 rings (SSSR count). The molecule has 2 nitrogen and oxygen atoms in total.